The van der Waals surface area contributed by atoms with Gasteiger partial charge in [-0.15, -0.1) is 0 Å². The monoisotopic (exact) mass is 463 g/mol. The molecule has 1 aromatic carbocycles. The highest BCUT2D eigenvalue weighted by Crippen LogP contribution is 2.33. The third kappa shape index (κ3) is 5.39. The summed E-state index contributed by atoms with van der Waals surface area (Å²) in [5.74, 6) is -0.393. The van der Waals surface area contributed by atoms with E-state index in [1.54, 1.807) is 38.0 Å². The number of nitrogens with zero attached hydrogens (tertiary/aromatic N) is 3. The highest BCUT2D eigenvalue weighted by atomic mass is 16.8. The molecule has 2 atom stereocenters. The van der Waals surface area contributed by atoms with Crippen LogP contribution in [-0.4, -0.2) is 89.1 Å². The lowest BCUT2D eigenvalue weighted by molar-refractivity contribution is -0.290. The maximum absolute atomic E-state index is 13.5. The summed E-state index contributed by atoms with van der Waals surface area (Å²) in [6, 6.07) is 5.61. The fraction of sp³-hybridized carbons (Fsp3) is 0.609. The van der Waals surface area contributed by atoms with E-state index < -0.39 is 23.9 Å². The maximum Gasteiger partial charge on any atom is 0.436 e. The van der Waals surface area contributed by atoms with Crippen molar-refractivity contribution in [3.63, 3.8) is 0 Å². The fourth-order valence-corrected chi connectivity index (χ4v) is 3.94. The van der Waals surface area contributed by atoms with Crippen molar-refractivity contribution in [2.45, 2.75) is 51.9 Å². The second kappa shape index (κ2) is 9.96. The molecule has 0 bridgehead atoms. The summed E-state index contributed by atoms with van der Waals surface area (Å²) in [7, 11) is 1.54. The summed E-state index contributed by atoms with van der Waals surface area (Å²) in [5, 5.41) is 10.7. The van der Waals surface area contributed by atoms with Crippen molar-refractivity contribution in [1.82, 2.24) is 14.9 Å². The lowest BCUT2D eigenvalue weighted by atomic mass is 9.96. The highest BCUT2D eigenvalue weighted by Gasteiger charge is 2.56. The van der Waals surface area contributed by atoms with Gasteiger partial charge in [0.25, 0.3) is 5.91 Å². The van der Waals surface area contributed by atoms with Crippen LogP contribution in [0.2, 0.25) is 0 Å². The number of carbonyl (C=O) groups excluding carboxylic acids is 3. The van der Waals surface area contributed by atoms with Gasteiger partial charge in [0, 0.05) is 20.1 Å². The van der Waals surface area contributed by atoms with Crippen molar-refractivity contribution in [3.05, 3.63) is 29.8 Å². The summed E-state index contributed by atoms with van der Waals surface area (Å²) in [6.07, 6.45) is -1.33. The van der Waals surface area contributed by atoms with Crippen LogP contribution in [0.3, 0.4) is 0 Å². The lowest BCUT2D eigenvalue weighted by Crippen LogP contribution is -2.75. The smallest absolute Gasteiger partial charge is 0.436 e. The number of hydrogen-bond acceptors (Lipinski definition) is 7. The number of piperazine rings is 1. The van der Waals surface area contributed by atoms with Gasteiger partial charge >= 0.3 is 6.09 Å². The fourth-order valence-electron chi connectivity index (χ4n) is 3.94. The van der Waals surface area contributed by atoms with Crippen LogP contribution < -0.4 is 0 Å². The summed E-state index contributed by atoms with van der Waals surface area (Å²) >= 11 is 0. The van der Waals surface area contributed by atoms with Gasteiger partial charge in [0.15, 0.2) is 11.8 Å². The molecule has 3 amide bonds. The summed E-state index contributed by atoms with van der Waals surface area (Å²) in [4.78, 5) is 48.7. The molecule has 1 N–H and O–H groups in total. The molecule has 33 heavy (non-hydrogen) atoms. The Balaban J connectivity index is 1.98. The number of methoxy groups -OCH3 is 1. The van der Waals surface area contributed by atoms with E-state index in [1.807, 2.05) is 13.8 Å². The Bertz CT molecular complexity index is 871. The number of ether oxygens (including phenoxy) is 2. The highest BCUT2D eigenvalue weighted by molar-refractivity contribution is 5.93. The Kier molecular flexibility index (Phi) is 7.48. The number of phenols is 1. The van der Waals surface area contributed by atoms with E-state index in [-0.39, 0.29) is 43.1 Å². The lowest BCUT2D eigenvalue weighted by Gasteiger charge is -2.54. The zero-order valence-electron chi connectivity index (χ0n) is 19.8. The molecule has 0 radical (unpaired) electrons. The van der Waals surface area contributed by atoms with Gasteiger partial charge in [-0.05, 0) is 37.5 Å². The number of amides is 3. The van der Waals surface area contributed by atoms with Gasteiger partial charge in [0.05, 0.1) is 19.8 Å². The first kappa shape index (κ1) is 24.8. The molecule has 2 aliphatic heterocycles. The van der Waals surface area contributed by atoms with E-state index in [9.17, 15) is 19.5 Å². The quantitative estimate of drug-likeness (QED) is 0.656. The Labute approximate surface area is 193 Å². The first-order valence-electron chi connectivity index (χ1n) is 11.1. The zero-order chi connectivity index (χ0) is 24.3. The number of hydrogen-bond donors (Lipinski definition) is 1. The Morgan fingerprint density at radius 2 is 1.91 bits per heavy atom. The SMILES string of the molecule is COCCN1CC2N(C(=O)OCC(C)C)OC(C)(C)C(=O)N2[C@@H](Cc2ccc(O)cc2)C1=O. The van der Waals surface area contributed by atoms with Crippen LogP contribution in [0, 0.1) is 5.92 Å². The minimum Gasteiger partial charge on any atom is -0.508 e. The molecule has 0 saturated carbocycles. The average molecular weight is 464 g/mol. The minimum atomic E-state index is -1.37. The Morgan fingerprint density at radius 1 is 1.24 bits per heavy atom. The van der Waals surface area contributed by atoms with Crippen LogP contribution in [0.1, 0.15) is 33.3 Å². The topological polar surface area (TPSA) is 109 Å². The van der Waals surface area contributed by atoms with Crippen LogP contribution >= 0.6 is 0 Å². The summed E-state index contributed by atoms with van der Waals surface area (Å²) in [5.41, 5.74) is -0.597. The molecule has 1 aromatic rings. The number of aromatic hydroxyl groups is 1. The number of benzene rings is 1. The van der Waals surface area contributed by atoms with Gasteiger partial charge in [0.1, 0.15) is 11.8 Å². The van der Waals surface area contributed by atoms with Crippen molar-refractivity contribution in [2.75, 3.05) is 33.4 Å². The molecule has 10 nitrogen and oxygen atoms in total. The van der Waals surface area contributed by atoms with Gasteiger partial charge < -0.3 is 24.4 Å². The average Bonchev–Trinajstić information content (AvgIpc) is 2.76. The second-order valence-corrected chi connectivity index (χ2v) is 9.25. The van der Waals surface area contributed by atoms with Crippen molar-refractivity contribution >= 4 is 17.9 Å². The summed E-state index contributed by atoms with van der Waals surface area (Å²) < 4.78 is 10.5. The molecule has 0 aliphatic carbocycles. The molecule has 0 aromatic heterocycles. The molecular weight excluding hydrogens is 430 g/mol. The first-order chi connectivity index (χ1) is 15.5. The van der Waals surface area contributed by atoms with Crippen LogP contribution in [0.5, 0.6) is 5.75 Å². The van der Waals surface area contributed by atoms with Gasteiger partial charge in [-0.2, -0.15) is 5.06 Å². The van der Waals surface area contributed by atoms with E-state index in [4.69, 9.17) is 14.3 Å². The Hall–Kier alpha value is -2.85. The van der Waals surface area contributed by atoms with Crippen molar-refractivity contribution in [1.29, 1.82) is 0 Å². The van der Waals surface area contributed by atoms with E-state index in [1.165, 1.54) is 17.0 Å². The molecule has 1 unspecified atom stereocenters. The number of carbonyl (C=O) groups is 3. The third-order valence-electron chi connectivity index (χ3n) is 5.63. The predicted octanol–water partition coefficient (Wildman–Crippen LogP) is 1.77. The second-order valence-electron chi connectivity index (χ2n) is 9.25. The van der Waals surface area contributed by atoms with Crippen LogP contribution in [0.15, 0.2) is 24.3 Å². The third-order valence-corrected chi connectivity index (χ3v) is 5.63. The standard InChI is InChI=1S/C23H33N3O7/c1-15(2)14-32-22(30)26-19-13-24(10-11-31-5)20(28)18(12-16-6-8-17(27)9-7-16)25(19)21(29)23(3,4)33-26/h6-9,15,18-19,27H,10-14H2,1-5H3/t18-,19?/m0/s1. The van der Waals surface area contributed by atoms with Crippen molar-refractivity contribution in [3.8, 4) is 5.75 Å². The minimum absolute atomic E-state index is 0.0763. The predicted molar refractivity (Wildman–Crippen MR) is 118 cm³/mol. The molecule has 10 heteroatoms. The Morgan fingerprint density at radius 3 is 2.52 bits per heavy atom. The number of rotatable bonds is 7. The van der Waals surface area contributed by atoms with Gasteiger partial charge in [-0.25, -0.2) is 9.63 Å². The van der Waals surface area contributed by atoms with E-state index >= 15 is 0 Å². The van der Waals surface area contributed by atoms with E-state index in [0.717, 1.165) is 10.6 Å². The number of phenolic OH excluding ortho intramolecular Hbond substituents is 1. The van der Waals surface area contributed by atoms with E-state index in [2.05, 4.69) is 0 Å². The first-order valence-corrected chi connectivity index (χ1v) is 11.1. The summed E-state index contributed by atoms with van der Waals surface area (Å²) in [6.45, 7) is 7.85. The van der Waals surface area contributed by atoms with E-state index in [0.29, 0.717) is 13.2 Å². The number of fused-ring (bicyclic) bond motifs is 1. The molecule has 0 spiro atoms. The van der Waals surface area contributed by atoms with Crippen LogP contribution in [0.4, 0.5) is 4.79 Å². The maximum atomic E-state index is 13.5. The van der Waals surface area contributed by atoms with Gasteiger partial charge in [0.2, 0.25) is 5.91 Å². The molecule has 3 rings (SSSR count). The van der Waals surface area contributed by atoms with Crippen LogP contribution in [0.25, 0.3) is 0 Å². The molecule has 2 fully saturated rings. The van der Waals surface area contributed by atoms with Crippen molar-refractivity contribution in [2.24, 2.45) is 5.92 Å². The van der Waals surface area contributed by atoms with Crippen molar-refractivity contribution < 1.29 is 33.8 Å². The molecule has 2 aliphatic rings. The largest absolute Gasteiger partial charge is 0.508 e. The molecular formula is C23H33N3O7. The van der Waals surface area contributed by atoms with Gasteiger partial charge in [-0.3, -0.25) is 9.59 Å². The van der Waals surface area contributed by atoms with Gasteiger partial charge in [-0.1, -0.05) is 26.0 Å². The van der Waals surface area contributed by atoms with Crippen LogP contribution in [-0.2, 0) is 30.3 Å². The molecule has 182 valence electrons. The molecule has 2 heterocycles. The molecule has 2 saturated heterocycles. The number of hydroxylamine groups is 2. The normalized spacial score (nSPS) is 22.5. The zero-order valence-corrected chi connectivity index (χ0v) is 19.8.